The van der Waals surface area contributed by atoms with Crippen molar-refractivity contribution in [1.29, 1.82) is 0 Å². The lowest BCUT2D eigenvalue weighted by Gasteiger charge is -2.32. The van der Waals surface area contributed by atoms with E-state index in [1.54, 1.807) is 31.0 Å². The van der Waals surface area contributed by atoms with Crippen LogP contribution in [0.15, 0.2) is 55.4 Å². The van der Waals surface area contributed by atoms with Crippen molar-refractivity contribution in [2.24, 2.45) is 0 Å². The molecule has 1 saturated heterocycles. The summed E-state index contributed by atoms with van der Waals surface area (Å²) in [5.41, 5.74) is 0.932. The van der Waals surface area contributed by atoms with E-state index in [1.165, 1.54) is 0 Å². The molecule has 0 N–H and O–H groups in total. The van der Waals surface area contributed by atoms with Crippen molar-refractivity contribution in [3.8, 4) is 11.6 Å². The molecule has 7 nitrogen and oxygen atoms in total. The van der Waals surface area contributed by atoms with Crippen LogP contribution in [0.3, 0.4) is 0 Å². The van der Waals surface area contributed by atoms with E-state index in [9.17, 15) is 0 Å². The minimum atomic E-state index is 0.280. The minimum Gasteiger partial charge on any atom is -0.436 e. The van der Waals surface area contributed by atoms with Crippen LogP contribution in [0.2, 0.25) is 0 Å². The van der Waals surface area contributed by atoms with E-state index in [1.807, 2.05) is 24.4 Å². The summed E-state index contributed by atoms with van der Waals surface area (Å²) in [7, 11) is 0. The number of hydrogen-bond donors (Lipinski definition) is 0. The maximum absolute atomic E-state index is 5.75. The molecule has 0 saturated carbocycles. The topological polar surface area (TPSA) is 76.9 Å². The maximum atomic E-state index is 5.75. The average Bonchev–Trinajstić information content (AvgIpc) is 2.70. The number of pyridine rings is 1. The Morgan fingerprint density at radius 1 is 1.00 bits per heavy atom. The molecule has 1 aliphatic heterocycles. The zero-order valence-corrected chi connectivity index (χ0v) is 13.7. The molecule has 1 atom stereocenters. The van der Waals surface area contributed by atoms with Gasteiger partial charge in [0.1, 0.15) is 5.75 Å². The van der Waals surface area contributed by atoms with E-state index < -0.39 is 0 Å². The number of rotatable bonds is 4. The first-order chi connectivity index (χ1) is 12.4. The van der Waals surface area contributed by atoms with Crippen LogP contribution in [0.25, 0.3) is 0 Å². The van der Waals surface area contributed by atoms with Crippen LogP contribution in [-0.4, -0.2) is 38.0 Å². The number of hydrogen-bond acceptors (Lipinski definition) is 7. The molecule has 7 heteroatoms. The van der Waals surface area contributed by atoms with Gasteiger partial charge in [-0.15, -0.1) is 0 Å². The highest BCUT2D eigenvalue weighted by atomic mass is 16.5. The van der Waals surface area contributed by atoms with E-state index in [4.69, 9.17) is 4.74 Å². The van der Waals surface area contributed by atoms with Crippen molar-refractivity contribution in [3.63, 3.8) is 0 Å². The largest absolute Gasteiger partial charge is 0.436 e. The SMILES string of the molecule is c1cnc(N2CCC[C@@H](c3cncc(Oc4cccnc4)n3)C2)nc1. The van der Waals surface area contributed by atoms with Gasteiger partial charge in [-0.25, -0.2) is 15.0 Å². The predicted octanol–water partition coefficient (Wildman–Crippen LogP) is 2.84. The summed E-state index contributed by atoms with van der Waals surface area (Å²) in [5, 5.41) is 0. The second-order valence-corrected chi connectivity index (χ2v) is 5.91. The Bertz CT molecular complexity index is 814. The van der Waals surface area contributed by atoms with Gasteiger partial charge in [-0.2, -0.15) is 0 Å². The lowest BCUT2D eigenvalue weighted by atomic mass is 9.95. The van der Waals surface area contributed by atoms with Gasteiger partial charge in [0, 0.05) is 43.8 Å². The average molecular weight is 334 g/mol. The van der Waals surface area contributed by atoms with E-state index in [-0.39, 0.29) is 5.92 Å². The molecule has 3 aromatic rings. The predicted molar refractivity (Wildman–Crippen MR) is 92.6 cm³/mol. The van der Waals surface area contributed by atoms with Crippen molar-refractivity contribution >= 4 is 5.95 Å². The second-order valence-electron chi connectivity index (χ2n) is 5.91. The number of anilines is 1. The summed E-state index contributed by atoms with van der Waals surface area (Å²) >= 11 is 0. The Morgan fingerprint density at radius 3 is 2.76 bits per heavy atom. The Balaban J connectivity index is 1.50. The zero-order valence-electron chi connectivity index (χ0n) is 13.7. The molecule has 0 amide bonds. The van der Waals surface area contributed by atoms with Gasteiger partial charge >= 0.3 is 0 Å². The van der Waals surface area contributed by atoms with E-state index in [0.29, 0.717) is 11.6 Å². The molecule has 0 radical (unpaired) electrons. The Morgan fingerprint density at radius 2 is 1.92 bits per heavy atom. The van der Waals surface area contributed by atoms with Crippen LogP contribution >= 0.6 is 0 Å². The highest BCUT2D eigenvalue weighted by molar-refractivity contribution is 5.31. The molecule has 0 spiro atoms. The van der Waals surface area contributed by atoms with Gasteiger partial charge in [-0.05, 0) is 31.0 Å². The number of nitrogens with zero attached hydrogens (tertiary/aromatic N) is 6. The van der Waals surface area contributed by atoms with Gasteiger partial charge in [0.15, 0.2) is 0 Å². The number of piperidine rings is 1. The molecule has 3 aromatic heterocycles. The molecule has 0 aromatic carbocycles. The Labute approximate surface area is 145 Å². The first kappa shape index (κ1) is 15.4. The van der Waals surface area contributed by atoms with E-state index >= 15 is 0 Å². The summed E-state index contributed by atoms with van der Waals surface area (Å²) in [6.45, 7) is 1.79. The first-order valence-corrected chi connectivity index (χ1v) is 8.30. The second kappa shape index (κ2) is 7.21. The third-order valence-corrected chi connectivity index (χ3v) is 4.16. The van der Waals surface area contributed by atoms with Crippen LogP contribution in [0.1, 0.15) is 24.5 Å². The number of ether oxygens (including phenoxy) is 1. The normalized spacial score (nSPS) is 17.3. The first-order valence-electron chi connectivity index (χ1n) is 8.30. The lowest BCUT2D eigenvalue weighted by Crippen LogP contribution is -2.35. The fourth-order valence-electron chi connectivity index (χ4n) is 2.99. The van der Waals surface area contributed by atoms with Gasteiger partial charge in [-0.1, -0.05) is 0 Å². The number of aromatic nitrogens is 5. The van der Waals surface area contributed by atoms with Crippen molar-refractivity contribution in [2.45, 2.75) is 18.8 Å². The molecule has 126 valence electrons. The third-order valence-electron chi connectivity index (χ3n) is 4.16. The Hall–Kier alpha value is -3.09. The van der Waals surface area contributed by atoms with Crippen molar-refractivity contribution in [1.82, 2.24) is 24.9 Å². The van der Waals surface area contributed by atoms with Crippen LogP contribution in [0.5, 0.6) is 11.6 Å². The highest BCUT2D eigenvalue weighted by Gasteiger charge is 2.24. The smallest absolute Gasteiger partial charge is 0.238 e. The molecule has 1 fully saturated rings. The summed E-state index contributed by atoms with van der Waals surface area (Å²) in [5.74, 6) is 2.18. The fourth-order valence-corrected chi connectivity index (χ4v) is 2.99. The molecule has 0 bridgehead atoms. The van der Waals surface area contributed by atoms with Crippen molar-refractivity contribution < 1.29 is 4.74 Å². The quantitative estimate of drug-likeness (QED) is 0.726. The molecule has 4 heterocycles. The highest BCUT2D eigenvalue weighted by Crippen LogP contribution is 2.28. The fraction of sp³-hybridized carbons (Fsp3) is 0.278. The molecule has 25 heavy (non-hydrogen) atoms. The van der Waals surface area contributed by atoms with E-state index in [0.717, 1.165) is 37.6 Å². The van der Waals surface area contributed by atoms with Crippen LogP contribution in [0.4, 0.5) is 5.95 Å². The monoisotopic (exact) mass is 334 g/mol. The molecular weight excluding hydrogens is 316 g/mol. The Kier molecular flexibility index (Phi) is 4.45. The molecule has 0 aliphatic carbocycles. The zero-order chi connectivity index (χ0) is 16.9. The van der Waals surface area contributed by atoms with Gasteiger partial charge in [0.2, 0.25) is 11.8 Å². The van der Waals surface area contributed by atoms with Crippen LogP contribution in [-0.2, 0) is 0 Å². The maximum Gasteiger partial charge on any atom is 0.238 e. The summed E-state index contributed by atoms with van der Waals surface area (Å²) in [6.07, 6.45) is 12.5. The van der Waals surface area contributed by atoms with Gasteiger partial charge in [0.05, 0.1) is 18.1 Å². The third kappa shape index (κ3) is 3.71. The molecule has 1 aliphatic rings. The summed E-state index contributed by atoms with van der Waals surface area (Å²) in [4.78, 5) is 23.9. The molecular formula is C18H18N6O. The van der Waals surface area contributed by atoms with Crippen molar-refractivity contribution in [3.05, 3.63) is 61.1 Å². The summed E-state index contributed by atoms with van der Waals surface area (Å²) in [6, 6.07) is 5.50. The van der Waals surface area contributed by atoms with Crippen molar-refractivity contribution in [2.75, 3.05) is 18.0 Å². The molecule has 4 rings (SSSR count). The molecule has 0 unspecified atom stereocenters. The lowest BCUT2D eigenvalue weighted by molar-refractivity contribution is 0.443. The van der Waals surface area contributed by atoms with Gasteiger partial charge in [-0.3, -0.25) is 9.97 Å². The van der Waals surface area contributed by atoms with E-state index in [2.05, 4.69) is 29.8 Å². The standard InChI is InChI=1S/C18H18N6O/c1-5-15(10-19-6-1)25-17-12-20-11-16(23-17)14-4-2-9-24(13-14)18-21-7-3-8-22-18/h1,3,5-8,10-12,14H,2,4,9,13H2/t14-/m1/s1. The summed E-state index contributed by atoms with van der Waals surface area (Å²) < 4.78 is 5.75. The van der Waals surface area contributed by atoms with Crippen LogP contribution in [0, 0.1) is 0 Å². The van der Waals surface area contributed by atoms with Crippen LogP contribution < -0.4 is 9.64 Å². The van der Waals surface area contributed by atoms with Gasteiger partial charge < -0.3 is 9.64 Å². The van der Waals surface area contributed by atoms with Gasteiger partial charge in [0.25, 0.3) is 0 Å². The minimum absolute atomic E-state index is 0.280.